The molecule has 80 valence electrons. The Hall–Kier alpha value is -0.590. The van der Waals surface area contributed by atoms with Crippen LogP contribution in [0.1, 0.15) is 25.8 Å². The average Bonchev–Trinajstić information content (AvgIpc) is 2.27. The van der Waals surface area contributed by atoms with Gasteiger partial charge >= 0.3 is 0 Å². The van der Waals surface area contributed by atoms with Crippen LogP contribution in [0.5, 0.6) is 0 Å². The lowest BCUT2D eigenvalue weighted by Crippen LogP contribution is -1.87. The molecule has 0 spiro atoms. The molecular formula is C12H15NS2. The van der Waals surface area contributed by atoms with Crippen LogP contribution in [0.4, 0.5) is 0 Å². The van der Waals surface area contributed by atoms with Gasteiger partial charge in [-0.15, -0.1) is 23.5 Å². The second-order valence-electron chi connectivity index (χ2n) is 3.02. The summed E-state index contributed by atoms with van der Waals surface area (Å²) in [6.07, 6.45) is 1.14. The molecule has 0 aliphatic rings. The summed E-state index contributed by atoms with van der Waals surface area (Å²) in [7, 11) is 0. The van der Waals surface area contributed by atoms with Crippen molar-refractivity contribution in [1.29, 1.82) is 5.26 Å². The van der Waals surface area contributed by atoms with Crippen molar-refractivity contribution in [2.24, 2.45) is 0 Å². The molecule has 0 unspecified atom stereocenters. The Bertz CT molecular complexity index is 355. The van der Waals surface area contributed by atoms with Crippen LogP contribution >= 0.6 is 23.5 Å². The van der Waals surface area contributed by atoms with Crippen molar-refractivity contribution in [2.75, 3.05) is 11.5 Å². The van der Waals surface area contributed by atoms with E-state index in [0.717, 1.165) is 33.3 Å². The van der Waals surface area contributed by atoms with E-state index in [1.807, 2.05) is 18.2 Å². The van der Waals surface area contributed by atoms with Crippen LogP contribution in [0.15, 0.2) is 28.0 Å². The first kappa shape index (κ1) is 12.5. The fourth-order valence-corrected chi connectivity index (χ4v) is 2.98. The number of thioether (sulfide) groups is 2. The maximum absolute atomic E-state index is 9.15. The lowest BCUT2D eigenvalue weighted by atomic mass is 10.2. The summed E-state index contributed by atoms with van der Waals surface area (Å²) in [4.78, 5) is 2.24. The normalized spacial score (nSPS) is 9.93. The van der Waals surface area contributed by atoms with Gasteiger partial charge in [0.05, 0.1) is 5.56 Å². The average molecular weight is 237 g/mol. The maximum atomic E-state index is 9.15. The van der Waals surface area contributed by atoms with E-state index in [9.17, 15) is 0 Å². The van der Waals surface area contributed by atoms with Crippen molar-refractivity contribution in [1.82, 2.24) is 0 Å². The molecular weight excluding hydrogens is 222 g/mol. The third-order valence-corrected chi connectivity index (χ3v) is 4.06. The van der Waals surface area contributed by atoms with Crippen LogP contribution in [0.3, 0.4) is 0 Å². The molecule has 0 heterocycles. The van der Waals surface area contributed by atoms with Crippen LogP contribution in [0, 0.1) is 11.3 Å². The quantitative estimate of drug-likeness (QED) is 0.718. The molecule has 0 saturated carbocycles. The Kier molecular flexibility index (Phi) is 5.67. The van der Waals surface area contributed by atoms with Gasteiger partial charge in [-0.25, -0.2) is 0 Å². The zero-order chi connectivity index (χ0) is 11.1. The Morgan fingerprint density at radius 3 is 2.40 bits per heavy atom. The summed E-state index contributed by atoms with van der Waals surface area (Å²) in [6, 6.07) is 8.43. The molecule has 15 heavy (non-hydrogen) atoms. The molecule has 0 fully saturated rings. The summed E-state index contributed by atoms with van der Waals surface area (Å²) in [6.45, 7) is 4.27. The Balaban J connectivity index is 2.95. The highest BCUT2D eigenvalue weighted by atomic mass is 32.2. The summed E-state index contributed by atoms with van der Waals surface area (Å²) in [5, 5.41) is 9.15. The van der Waals surface area contributed by atoms with Gasteiger partial charge in [0.1, 0.15) is 6.07 Å². The molecule has 0 saturated heterocycles. The monoisotopic (exact) mass is 237 g/mol. The Morgan fingerprint density at radius 1 is 1.20 bits per heavy atom. The van der Waals surface area contributed by atoms with Crippen LogP contribution in [-0.2, 0) is 0 Å². The minimum absolute atomic E-state index is 0.850. The van der Waals surface area contributed by atoms with Gasteiger partial charge in [-0.05, 0) is 30.1 Å². The number of hydrogen-bond acceptors (Lipinski definition) is 3. The van der Waals surface area contributed by atoms with Gasteiger partial charge in [0, 0.05) is 9.79 Å². The van der Waals surface area contributed by atoms with Gasteiger partial charge in [-0.3, -0.25) is 0 Å². The fraction of sp³-hybridized carbons (Fsp3) is 0.417. The second-order valence-corrected chi connectivity index (χ2v) is 5.47. The zero-order valence-electron chi connectivity index (χ0n) is 9.12. The Labute approximate surface area is 100 Å². The minimum atomic E-state index is 0.850. The maximum Gasteiger partial charge on any atom is 0.101 e. The third-order valence-electron chi connectivity index (χ3n) is 1.86. The summed E-state index contributed by atoms with van der Waals surface area (Å²) in [5.74, 6) is 2.09. The molecule has 0 aromatic heterocycles. The van der Waals surface area contributed by atoms with Crippen molar-refractivity contribution in [2.45, 2.75) is 30.1 Å². The van der Waals surface area contributed by atoms with Gasteiger partial charge in [-0.2, -0.15) is 5.26 Å². The number of nitriles is 1. The molecule has 0 N–H and O–H groups in total. The minimum Gasteiger partial charge on any atom is -0.192 e. The predicted molar refractivity (Wildman–Crippen MR) is 68.6 cm³/mol. The van der Waals surface area contributed by atoms with Crippen LogP contribution < -0.4 is 0 Å². The van der Waals surface area contributed by atoms with E-state index in [-0.39, 0.29) is 0 Å². The number of benzene rings is 1. The highest BCUT2D eigenvalue weighted by molar-refractivity contribution is 8.00. The molecule has 1 aromatic rings. The van der Waals surface area contributed by atoms with E-state index in [1.54, 1.807) is 23.5 Å². The molecule has 0 aliphatic carbocycles. The summed E-state index contributed by atoms with van der Waals surface area (Å²) >= 11 is 3.51. The zero-order valence-corrected chi connectivity index (χ0v) is 10.8. The highest BCUT2D eigenvalue weighted by Crippen LogP contribution is 2.30. The van der Waals surface area contributed by atoms with Gasteiger partial charge < -0.3 is 0 Å². The smallest absolute Gasteiger partial charge is 0.101 e. The molecule has 0 aliphatic heterocycles. The van der Waals surface area contributed by atoms with Crippen molar-refractivity contribution < 1.29 is 0 Å². The second kappa shape index (κ2) is 6.81. The van der Waals surface area contributed by atoms with Crippen molar-refractivity contribution in [3.05, 3.63) is 23.8 Å². The van der Waals surface area contributed by atoms with Crippen molar-refractivity contribution >= 4 is 23.5 Å². The molecule has 1 nitrogen and oxygen atoms in total. The molecule has 0 bridgehead atoms. The highest BCUT2D eigenvalue weighted by Gasteiger charge is 2.07. The first-order chi connectivity index (χ1) is 7.33. The SMILES string of the molecule is CCCSc1cccc(SCC)c1C#N. The standard InChI is InChI=1S/C12H15NS2/c1-3-8-15-12-7-5-6-11(14-4-2)10(12)9-13/h5-7H,3-4,8H2,1-2H3. The lowest BCUT2D eigenvalue weighted by Gasteiger charge is -2.07. The van der Waals surface area contributed by atoms with E-state index >= 15 is 0 Å². The number of hydrogen-bond donors (Lipinski definition) is 0. The van der Waals surface area contributed by atoms with Crippen molar-refractivity contribution in [3.8, 4) is 6.07 Å². The first-order valence-corrected chi connectivity index (χ1v) is 7.09. The van der Waals surface area contributed by atoms with E-state index in [4.69, 9.17) is 5.26 Å². The largest absolute Gasteiger partial charge is 0.192 e. The fourth-order valence-electron chi connectivity index (χ4n) is 1.23. The summed E-state index contributed by atoms with van der Waals surface area (Å²) < 4.78 is 0. The van der Waals surface area contributed by atoms with Crippen LogP contribution in [0.25, 0.3) is 0 Å². The van der Waals surface area contributed by atoms with Crippen molar-refractivity contribution in [3.63, 3.8) is 0 Å². The third kappa shape index (κ3) is 3.48. The van der Waals surface area contributed by atoms with E-state index in [1.165, 1.54) is 0 Å². The van der Waals surface area contributed by atoms with E-state index in [2.05, 4.69) is 19.9 Å². The summed E-state index contributed by atoms with van der Waals surface area (Å²) in [5.41, 5.74) is 0.850. The van der Waals surface area contributed by atoms with E-state index < -0.39 is 0 Å². The molecule has 0 atom stereocenters. The number of nitrogens with zero attached hydrogens (tertiary/aromatic N) is 1. The van der Waals surface area contributed by atoms with Gasteiger partial charge in [0.15, 0.2) is 0 Å². The molecule has 1 rings (SSSR count). The van der Waals surface area contributed by atoms with Crippen LogP contribution in [0.2, 0.25) is 0 Å². The van der Waals surface area contributed by atoms with Gasteiger partial charge in [-0.1, -0.05) is 19.9 Å². The Morgan fingerprint density at radius 2 is 1.87 bits per heavy atom. The van der Waals surface area contributed by atoms with Gasteiger partial charge in [0.25, 0.3) is 0 Å². The predicted octanol–water partition coefficient (Wildman–Crippen LogP) is 4.17. The lowest BCUT2D eigenvalue weighted by molar-refractivity contribution is 1.10. The molecule has 0 amide bonds. The van der Waals surface area contributed by atoms with Crippen LogP contribution in [-0.4, -0.2) is 11.5 Å². The molecule has 1 aromatic carbocycles. The molecule has 3 heteroatoms. The molecule has 0 radical (unpaired) electrons. The topological polar surface area (TPSA) is 23.8 Å². The van der Waals surface area contributed by atoms with E-state index in [0.29, 0.717) is 0 Å². The first-order valence-electron chi connectivity index (χ1n) is 5.12. The number of rotatable bonds is 5. The van der Waals surface area contributed by atoms with Gasteiger partial charge in [0.2, 0.25) is 0 Å².